The highest BCUT2D eigenvalue weighted by Gasteiger charge is 2.22. The van der Waals surface area contributed by atoms with E-state index in [1.807, 2.05) is 60.7 Å². The molecule has 0 spiro atoms. The van der Waals surface area contributed by atoms with Gasteiger partial charge < -0.3 is 19.8 Å². The molecule has 0 aliphatic carbocycles. The van der Waals surface area contributed by atoms with Gasteiger partial charge in [-0.1, -0.05) is 48.5 Å². The molecular weight excluding hydrogens is 394 g/mol. The average molecular weight is 415 g/mol. The third-order valence-electron chi connectivity index (χ3n) is 4.73. The molecule has 4 aromatic rings. The molecule has 1 aromatic heterocycles. The number of hydrogen-bond donors (Lipinski definition) is 2. The Hall–Kier alpha value is -4.13. The Morgan fingerprint density at radius 2 is 1.77 bits per heavy atom. The van der Waals surface area contributed by atoms with Gasteiger partial charge in [0.2, 0.25) is 5.89 Å². The summed E-state index contributed by atoms with van der Waals surface area (Å²) in [6.45, 7) is 0. The topological polar surface area (TPSA) is 93.5 Å². The molecule has 0 fully saturated rings. The van der Waals surface area contributed by atoms with Gasteiger partial charge in [-0.2, -0.15) is 0 Å². The van der Waals surface area contributed by atoms with Crippen LogP contribution in [0.2, 0.25) is 0 Å². The second kappa shape index (κ2) is 9.13. The lowest BCUT2D eigenvalue weighted by atomic mass is 10.1. The second-order valence-corrected chi connectivity index (χ2v) is 6.93. The number of nitrogens with zero attached hydrogens (tertiary/aromatic N) is 1. The van der Waals surface area contributed by atoms with Gasteiger partial charge in [-0.05, 0) is 35.9 Å². The standard InChI is InChI=1S/C24H21N3O4/c1-30-23(28)20(14-16-8-3-2-4-9-16)27-24(29)25-18-11-7-10-17(15-18)22-26-19-12-5-6-13-21(19)31-22/h2-13,15,20H,14H2,1H3,(H2,25,27,29). The zero-order valence-electron chi connectivity index (χ0n) is 16.9. The molecule has 31 heavy (non-hydrogen) atoms. The van der Waals surface area contributed by atoms with Gasteiger partial charge >= 0.3 is 12.0 Å². The fourth-order valence-electron chi connectivity index (χ4n) is 3.24. The molecule has 1 heterocycles. The number of aromatic nitrogens is 1. The quantitative estimate of drug-likeness (QED) is 0.455. The van der Waals surface area contributed by atoms with Gasteiger partial charge in [0, 0.05) is 17.7 Å². The van der Waals surface area contributed by atoms with Gasteiger partial charge in [-0.25, -0.2) is 14.6 Å². The highest BCUT2D eigenvalue weighted by atomic mass is 16.5. The second-order valence-electron chi connectivity index (χ2n) is 6.93. The van der Waals surface area contributed by atoms with E-state index in [0.29, 0.717) is 23.6 Å². The molecule has 0 bridgehead atoms. The zero-order chi connectivity index (χ0) is 21.6. The molecule has 0 radical (unpaired) electrons. The summed E-state index contributed by atoms with van der Waals surface area (Å²) >= 11 is 0. The van der Waals surface area contributed by atoms with Gasteiger partial charge in [-0.15, -0.1) is 0 Å². The summed E-state index contributed by atoms with van der Waals surface area (Å²) in [7, 11) is 1.30. The molecule has 2 N–H and O–H groups in total. The smallest absolute Gasteiger partial charge is 0.328 e. The van der Waals surface area contributed by atoms with E-state index in [2.05, 4.69) is 15.6 Å². The van der Waals surface area contributed by atoms with Crippen LogP contribution in [0.15, 0.2) is 83.3 Å². The van der Waals surface area contributed by atoms with Crippen molar-refractivity contribution in [1.29, 1.82) is 0 Å². The van der Waals surface area contributed by atoms with Crippen molar-refractivity contribution in [3.63, 3.8) is 0 Å². The number of hydrogen-bond acceptors (Lipinski definition) is 5. The molecule has 1 atom stereocenters. The SMILES string of the molecule is COC(=O)C(Cc1ccccc1)NC(=O)Nc1cccc(-c2nc3ccccc3o2)c1. The number of esters is 1. The van der Waals surface area contributed by atoms with Crippen molar-refractivity contribution in [2.24, 2.45) is 0 Å². The van der Waals surface area contributed by atoms with Crippen LogP contribution in [0.4, 0.5) is 10.5 Å². The lowest BCUT2D eigenvalue weighted by Crippen LogP contribution is -2.45. The number of ether oxygens (including phenoxy) is 1. The van der Waals surface area contributed by atoms with Crippen LogP contribution in [0.25, 0.3) is 22.6 Å². The van der Waals surface area contributed by atoms with E-state index in [1.54, 1.807) is 18.2 Å². The normalized spacial score (nSPS) is 11.6. The van der Waals surface area contributed by atoms with Crippen LogP contribution >= 0.6 is 0 Å². The van der Waals surface area contributed by atoms with E-state index in [0.717, 1.165) is 16.6 Å². The van der Waals surface area contributed by atoms with Crippen molar-refractivity contribution >= 4 is 28.8 Å². The molecule has 0 saturated heterocycles. The number of rotatable bonds is 6. The van der Waals surface area contributed by atoms with Crippen LogP contribution < -0.4 is 10.6 Å². The molecule has 2 amide bonds. The molecule has 7 heteroatoms. The summed E-state index contributed by atoms with van der Waals surface area (Å²) in [6.07, 6.45) is 0.323. The maximum atomic E-state index is 12.6. The molecule has 1 unspecified atom stereocenters. The largest absolute Gasteiger partial charge is 0.467 e. The Labute approximate surface area is 179 Å². The number of urea groups is 1. The molecule has 3 aromatic carbocycles. The van der Waals surface area contributed by atoms with E-state index >= 15 is 0 Å². The number of fused-ring (bicyclic) bond motifs is 1. The van der Waals surface area contributed by atoms with Crippen LogP contribution in [0, 0.1) is 0 Å². The predicted molar refractivity (Wildman–Crippen MR) is 118 cm³/mol. The number of para-hydroxylation sites is 2. The van der Waals surface area contributed by atoms with Crippen LogP contribution in [0.3, 0.4) is 0 Å². The van der Waals surface area contributed by atoms with Gasteiger partial charge in [0.25, 0.3) is 0 Å². The number of oxazole rings is 1. The van der Waals surface area contributed by atoms with Gasteiger partial charge in [0.1, 0.15) is 11.6 Å². The molecular formula is C24H21N3O4. The lowest BCUT2D eigenvalue weighted by molar-refractivity contribution is -0.142. The van der Waals surface area contributed by atoms with E-state index in [9.17, 15) is 9.59 Å². The first kappa shape index (κ1) is 20.2. The Balaban J connectivity index is 1.47. The first-order valence-electron chi connectivity index (χ1n) is 9.77. The summed E-state index contributed by atoms with van der Waals surface area (Å²) in [5.41, 5.74) is 3.63. The van der Waals surface area contributed by atoms with Crippen molar-refractivity contribution < 1.29 is 18.7 Å². The Bertz CT molecular complexity index is 1170. The van der Waals surface area contributed by atoms with Crippen molar-refractivity contribution in [3.8, 4) is 11.5 Å². The van der Waals surface area contributed by atoms with Crippen molar-refractivity contribution in [3.05, 3.63) is 84.4 Å². The van der Waals surface area contributed by atoms with E-state index in [1.165, 1.54) is 7.11 Å². The maximum Gasteiger partial charge on any atom is 0.328 e. The minimum atomic E-state index is -0.812. The van der Waals surface area contributed by atoms with Gasteiger partial charge in [0.15, 0.2) is 5.58 Å². The summed E-state index contributed by atoms with van der Waals surface area (Å²) in [5, 5.41) is 5.44. The molecule has 4 rings (SSSR count). The maximum absolute atomic E-state index is 12.6. The van der Waals surface area contributed by atoms with Crippen molar-refractivity contribution in [1.82, 2.24) is 10.3 Å². The fraction of sp³-hybridized carbons (Fsp3) is 0.125. The molecule has 0 aliphatic heterocycles. The van der Waals surface area contributed by atoms with E-state index < -0.39 is 18.0 Å². The fourth-order valence-corrected chi connectivity index (χ4v) is 3.24. The Morgan fingerprint density at radius 3 is 2.55 bits per heavy atom. The van der Waals surface area contributed by atoms with Crippen LogP contribution in [0.1, 0.15) is 5.56 Å². The third kappa shape index (κ3) is 4.90. The number of nitrogens with one attached hydrogen (secondary N) is 2. The summed E-state index contributed by atoms with van der Waals surface area (Å²) in [6, 6.07) is 22.7. The summed E-state index contributed by atoms with van der Waals surface area (Å²) in [4.78, 5) is 29.2. The number of carbonyl (C=O) groups excluding carboxylic acids is 2. The number of carbonyl (C=O) groups is 2. The summed E-state index contributed by atoms with van der Waals surface area (Å²) in [5.74, 6) is -0.0546. The highest BCUT2D eigenvalue weighted by Crippen LogP contribution is 2.26. The van der Waals surface area contributed by atoms with Crippen LogP contribution in [0.5, 0.6) is 0 Å². The number of anilines is 1. The monoisotopic (exact) mass is 415 g/mol. The molecule has 156 valence electrons. The van der Waals surface area contributed by atoms with Gasteiger partial charge in [-0.3, -0.25) is 0 Å². The predicted octanol–water partition coefficient (Wildman–Crippen LogP) is 4.40. The minimum absolute atomic E-state index is 0.323. The highest BCUT2D eigenvalue weighted by molar-refractivity contribution is 5.93. The van der Waals surface area contributed by atoms with Crippen LogP contribution in [-0.2, 0) is 16.0 Å². The van der Waals surface area contributed by atoms with Gasteiger partial charge in [0.05, 0.1) is 7.11 Å². The number of benzene rings is 3. The number of methoxy groups -OCH3 is 1. The summed E-state index contributed by atoms with van der Waals surface area (Å²) < 4.78 is 10.6. The average Bonchev–Trinajstić information content (AvgIpc) is 3.23. The van der Waals surface area contributed by atoms with E-state index in [4.69, 9.17) is 9.15 Å². The Morgan fingerprint density at radius 1 is 1.00 bits per heavy atom. The van der Waals surface area contributed by atoms with E-state index in [-0.39, 0.29) is 0 Å². The number of amides is 2. The molecule has 0 saturated carbocycles. The zero-order valence-corrected chi connectivity index (χ0v) is 16.9. The third-order valence-corrected chi connectivity index (χ3v) is 4.73. The lowest BCUT2D eigenvalue weighted by Gasteiger charge is -2.17. The first-order chi connectivity index (χ1) is 15.1. The molecule has 7 nitrogen and oxygen atoms in total. The molecule has 0 aliphatic rings. The van der Waals surface area contributed by atoms with Crippen LogP contribution in [-0.4, -0.2) is 30.1 Å². The Kier molecular flexibility index (Phi) is 5.93. The first-order valence-corrected chi connectivity index (χ1v) is 9.77. The minimum Gasteiger partial charge on any atom is -0.467 e. The van der Waals surface area contributed by atoms with Crippen molar-refractivity contribution in [2.75, 3.05) is 12.4 Å². The van der Waals surface area contributed by atoms with Crippen molar-refractivity contribution in [2.45, 2.75) is 12.5 Å².